The van der Waals surface area contributed by atoms with Crippen LogP contribution >= 0.6 is 0 Å². The van der Waals surface area contributed by atoms with Gasteiger partial charge in [-0.25, -0.2) is 0 Å². The van der Waals surface area contributed by atoms with E-state index in [9.17, 15) is 0 Å². The van der Waals surface area contributed by atoms with Gasteiger partial charge >= 0.3 is 0 Å². The Morgan fingerprint density at radius 3 is 1.92 bits per heavy atom. The lowest BCUT2D eigenvalue weighted by atomic mass is 9.33. The molecule has 2 aliphatic heterocycles. The Balaban J connectivity index is 1.13. The maximum Gasteiger partial charge on any atom is 0.253 e. The molecular formula is C60H55BN2. The Labute approximate surface area is 375 Å². The number of hydrogen-bond acceptors (Lipinski definition) is 2. The van der Waals surface area contributed by atoms with Crippen LogP contribution in [-0.4, -0.2) is 6.71 Å². The Bertz CT molecular complexity index is 3050. The van der Waals surface area contributed by atoms with Crippen LogP contribution in [0.5, 0.6) is 0 Å². The summed E-state index contributed by atoms with van der Waals surface area (Å²) in [6.07, 6.45) is 14.8. The summed E-state index contributed by atoms with van der Waals surface area (Å²) in [5.74, 6) is 0. The summed E-state index contributed by atoms with van der Waals surface area (Å²) >= 11 is 0. The normalized spacial score (nSPS) is 13.6. The first kappa shape index (κ1) is 39.4. The van der Waals surface area contributed by atoms with Crippen LogP contribution in [0.3, 0.4) is 0 Å². The van der Waals surface area contributed by atoms with E-state index >= 15 is 0 Å². The number of unbranched alkanes of at least 4 members (excludes halogenated alkanes) is 3. The minimum atomic E-state index is 0.0675. The quantitative estimate of drug-likeness (QED) is 0.0895. The van der Waals surface area contributed by atoms with E-state index in [1.807, 2.05) is 0 Å². The van der Waals surface area contributed by atoms with Crippen molar-refractivity contribution in [3.05, 3.63) is 185 Å². The average molecular weight is 815 g/mol. The molecule has 0 spiro atoms. The SMILES string of the molecule is CCCCc1c#cc2c(c1)B1c3cc(CCCC)ccc3N(c3ccc(CCCC)cc3)c3cccc(c31)N2c1ccccc1C1=Cc2c(c3ccccc3c3ccccc23)CC1. The Kier molecular flexibility index (Phi) is 10.4. The molecule has 3 heteroatoms. The van der Waals surface area contributed by atoms with Gasteiger partial charge in [0, 0.05) is 33.9 Å². The van der Waals surface area contributed by atoms with Crippen LogP contribution in [0, 0.1) is 12.1 Å². The molecule has 8 aromatic carbocycles. The number of rotatable bonds is 12. The van der Waals surface area contributed by atoms with Crippen LogP contribution < -0.4 is 26.2 Å². The fourth-order valence-electron chi connectivity index (χ4n) is 11.0. The van der Waals surface area contributed by atoms with Crippen LogP contribution in [0.25, 0.3) is 33.2 Å². The summed E-state index contributed by atoms with van der Waals surface area (Å²) in [5.41, 5.74) is 21.0. The second-order valence-electron chi connectivity index (χ2n) is 18.1. The van der Waals surface area contributed by atoms with Crippen molar-refractivity contribution in [2.75, 3.05) is 9.80 Å². The molecule has 0 amide bonds. The van der Waals surface area contributed by atoms with Gasteiger partial charge in [0.05, 0.1) is 11.4 Å². The second kappa shape index (κ2) is 16.7. The number of hydrogen-bond donors (Lipinski definition) is 0. The largest absolute Gasteiger partial charge is 0.311 e. The number of anilines is 6. The predicted octanol–water partition coefficient (Wildman–Crippen LogP) is 14.2. The van der Waals surface area contributed by atoms with Crippen molar-refractivity contribution in [3.63, 3.8) is 0 Å². The van der Waals surface area contributed by atoms with E-state index in [1.54, 1.807) is 0 Å². The number of para-hydroxylation sites is 1. The van der Waals surface area contributed by atoms with Crippen molar-refractivity contribution in [2.24, 2.45) is 0 Å². The molecule has 0 aromatic heterocycles. The monoisotopic (exact) mass is 814 g/mol. The highest BCUT2D eigenvalue weighted by Gasteiger charge is 2.44. The summed E-state index contributed by atoms with van der Waals surface area (Å²) in [6, 6.07) is 61.0. The van der Waals surface area contributed by atoms with E-state index in [2.05, 4.69) is 188 Å². The highest BCUT2D eigenvalue weighted by atomic mass is 15.2. The fourth-order valence-corrected chi connectivity index (χ4v) is 11.0. The van der Waals surface area contributed by atoms with Crippen LogP contribution in [0.15, 0.2) is 140 Å². The van der Waals surface area contributed by atoms with Crippen LogP contribution in [0.2, 0.25) is 0 Å². The molecule has 0 saturated carbocycles. The first-order valence-electron chi connectivity index (χ1n) is 23.8. The van der Waals surface area contributed by atoms with Gasteiger partial charge in [0.1, 0.15) is 0 Å². The second-order valence-corrected chi connectivity index (χ2v) is 18.1. The van der Waals surface area contributed by atoms with Gasteiger partial charge in [-0.05, 0) is 160 Å². The van der Waals surface area contributed by atoms with Gasteiger partial charge < -0.3 is 9.80 Å². The lowest BCUT2D eigenvalue weighted by Gasteiger charge is -2.44. The summed E-state index contributed by atoms with van der Waals surface area (Å²) in [4.78, 5) is 5.10. The maximum absolute atomic E-state index is 3.87. The molecule has 11 rings (SSSR count). The van der Waals surface area contributed by atoms with Gasteiger partial charge in [-0.3, -0.25) is 0 Å². The van der Waals surface area contributed by atoms with Crippen molar-refractivity contribution < 1.29 is 0 Å². The minimum absolute atomic E-state index is 0.0675. The van der Waals surface area contributed by atoms with Crippen molar-refractivity contribution >= 4 is 90.4 Å². The molecule has 63 heavy (non-hydrogen) atoms. The number of fused-ring (bicyclic) bond motifs is 10. The zero-order valence-electron chi connectivity index (χ0n) is 37.1. The smallest absolute Gasteiger partial charge is 0.253 e. The predicted molar refractivity (Wildman–Crippen MR) is 272 cm³/mol. The lowest BCUT2D eigenvalue weighted by molar-refractivity contribution is 0.795. The van der Waals surface area contributed by atoms with Gasteiger partial charge in [0.2, 0.25) is 0 Å². The van der Waals surface area contributed by atoms with Crippen molar-refractivity contribution in [1.82, 2.24) is 0 Å². The first-order chi connectivity index (χ1) is 31.1. The Morgan fingerprint density at radius 2 is 1.14 bits per heavy atom. The molecule has 2 nitrogen and oxygen atoms in total. The Morgan fingerprint density at radius 1 is 0.508 bits per heavy atom. The highest BCUT2D eigenvalue weighted by Crippen LogP contribution is 2.47. The summed E-state index contributed by atoms with van der Waals surface area (Å²) in [7, 11) is 0. The number of allylic oxidation sites excluding steroid dienone is 1. The average Bonchev–Trinajstić information content (AvgIpc) is 3.34. The van der Waals surface area contributed by atoms with E-state index in [1.165, 1.54) is 131 Å². The molecule has 8 aromatic rings. The number of nitrogens with zero attached hydrogens (tertiary/aromatic N) is 2. The van der Waals surface area contributed by atoms with Gasteiger partial charge in [-0.2, -0.15) is 0 Å². The first-order valence-corrected chi connectivity index (χ1v) is 23.8. The van der Waals surface area contributed by atoms with Crippen LogP contribution in [0.1, 0.15) is 99.1 Å². The zero-order chi connectivity index (χ0) is 42.4. The minimum Gasteiger partial charge on any atom is -0.311 e. The molecule has 0 fully saturated rings. The number of benzene rings is 7. The van der Waals surface area contributed by atoms with Crippen LogP contribution in [-0.2, 0) is 25.7 Å². The molecule has 1 aliphatic carbocycles. The summed E-state index contributed by atoms with van der Waals surface area (Å²) < 4.78 is 0. The zero-order valence-corrected chi connectivity index (χ0v) is 37.1. The molecular weight excluding hydrogens is 759 g/mol. The fraction of sp³-hybridized carbons (Fsp3) is 0.233. The van der Waals surface area contributed by atoms with Crippen LogP contribution in [0.4, 0.5) is 34.1 Å². The standard InChI is InChI=1S/C60H55BN2/c1-4-7-17-41-28-33-45(34-29-41)62-56-36-30-42(18-8-5-2)38-53(56)61-54-39-43(19-9-6-3)31-37-57(54)63(59-27-16-26-58(62)60(59)61)55-25-15-14-20-46(55)44-32-35-51-49-23-11-10-21-47(49)48-22-12-13-24-50(48)52(51)40-44/h10-16,20-30,33-34,36,38-40H,4-9,17-19,32,35H2,1-3H3. The van der Waals surface area contributed by atoms with Gasteiger partial charge in [-0.15, -0.1) is 0 Å². The molecule has 0 saturated heterocycles. The molecule has 0 radical (unpaired) electrons. The number of aryl methyl sites for hydroxylation is 4. The Hall–Kier alpha value is -6.50. The van der Waals surface area contributed by atoms with Crippen molar-refractivity contribution in [2.45, 2.75) is 91.4 Å². The van der Waals surface area contributed by atoms with E-state index < -0.39 is 0 Å². The summed E-state index contributed by atoms with van der Waals surface area (Å²) in [5, 5.41) is 5.39. The van der Waals surface area contributed by atoms with Gasteiger partial charge in [-0.1, -0.05) is 155 Å². The van der Waals surface area contributed by atoms with E-state index in [-0.39, 0.29) is 6.71 Å². The summed E-state index contributed by atoms with van der Waals surface area (Å²) in [6.45, 7) is 6.93. The van der Waals surface area contributed by atoms with Gasteiger partial charge in [0.25, 0.3) is 6.71 Å². The molecule has 3 aliphatic rings. The maximum atomic E-state index is 3.87. The topological polar surface area (TPSA) is 6.48 Å². The molecule has 0 bridgehead atoms. The van der Waals surface area contributed by atoms with E-state index in [0.29, 0.717) is 0 Å². The molecule has 0 unspecified atom stereocenters. The van der Waals surface area contributed by atoms with Gasteiger partial charge in [0.15, 0.2) is 0 Å². The highest BCUT2D eigenvalue weighted by molar-refractivity contribution is 7.00. The molecule has 308 valence electrons. The molecule has 0 N–H and O–H groups in total. The molecule has 2 heterocycles. The van der Waals surface area contributed by atoms with E-state index in [4.69, 9.17) is 0 Å². The van der Waals surface area contributed by atoms with E-state index in [0.717, 1.165) is 50.6 Å². The lowest BCUT2D eigenvalue weighted by Crippen LogP contribution is -2.61. The third-order valence-electron chi connectivity index (χ3n) is 14.1. The van der Waals surface area contributed by atoms with Crippen molar-refractivity contribution in [3.8, 4) is 0 Å². The third kappa shape index (κ3) is 6.74. The third-order valence-corrected chi connectivity index (χ3v) is 14.1. The molecule has 0 atom stereocenters. The van der Waals surface area contributed by atoms with Crippen molar-refractivity contribution in [1.29, 1.82) is 0 Å².